The molecule has 3 aromatic rings. The molecule has 154 valence electrons. The van der Waals surface area contributed by atoms with Gasteiger partial charge < -0.3 is 19.5 Å². The molecule has 1 aliphatic rings. The highest BCUT2D eigenvalue weighted by Crippen LogP contribution is 2.38. The molecule has 2 amide bonds. The summed E-state index contributed by atoms with van der Waals surface area (Å²) in [6.07, 6.45) is 2.11. The first-order valence-corrected chi connectivity index (χ1v) is 10.1. The first-order chi connectivity index (χ1) is 14.6. The Hall–Kier alpha value is -3.25. The second-order valence-electron chi connectivity index (χ2n) is 7.04. The van der Waals surface area contributed by atoms with Gasteiger partial charge >= 0.3 is 12.0 Å². The molecule has 0 fully saturated rings. The van der Waals surface area contributed by atoms with Crippen LogP contribution in [0.5, 0.6) is 0 Å². The number of amides is 2. The lowest BCUT2D eigenvalue weighted by molar-refractivity contribution is -0.140. The topological polar surface area (TPSA) is 63.6 Å². The van der Waals surface area contributed by atoms with E-state index in [9.17, 15) is 9.59 Å². The number of hydrogen-bond acceptors (Lipinski definition) is 3. The number of carbonyl (C=O) groups is 2. The predicted molar refractivity (Wildman–Crippen MR) is 115 cm³/mol. The quantitative estimate of drug-likeness (QED) is 0.636. The molecule has 0 saturated carbocycles. The Morgan fingerprint density at radius 3 is 2.67 bits per heavy atom. The van der Waals surface area contributed by atoms with Crippen molar-refractivity contribution in [3.05, 3.63) is 88.7 Å². The molecular formula is C23H22ClN3O3. The summed E-state index contributed by atoms with van der Waals surface area (Å²) in [7, 11) is 1.33. The maximum atomic E-state index is 13.3. The van der Waals surface area contributed by atoms with Gasteiger partial charge in [0.05, 0.1) is 31.5 Å². The Morgan fingerprint density at radius 1 is 1.10 bits per heavy atom. The summed E-state index contributed by atoms with van der Waals surface area (Å²) in [5.41, 5.74) is 3.83. The highest BCUT2D eigenvalue weighted by molar-refractivity contribution is 6.31. The van der Waals surface area contributed by atoms with Crippen LogP contribution in [0.25, 0.3) is 5.69 Å². The number of nitrogens with one attached hydrogen (secondary N) is 1. The van der Waals surface area contributed by atoms with Gasteiger partial charge in [0.1, 0.15) is 6.04 Å². The van der Waals surface area contributed by atoms with Gasteiger partial charge in [0.15, 0.2) is 0 Å². The Labute approximate surface area is 180 Å². The summed E-state index contributed by atoms with van der Waals surface area (Å²) >= 11 is 6.56. The number of hydrogen-bond donors (Lipinski definition) is 1. The van der Waals surface area contributed by atoms with Gasteiger partial charge in [-0.25, -0.2) is 4.79 Å². The molecule has 2 aromatic carbocycles. The van der Waals surface area contributed by atoms with Crippen molar-refractivity contribution in [1.29, 1.82) is 0 Å². The molecule has 0 spiro atoms. The second kappa shape index (κ2) is 8.63. The zero-order valence-electron chi connectivity index (χ0n) is 16.5. The molecule has 4 rings (SSSR count). The first kappa shape index (κ1) is 20.0. The van der Waals surface area contributed by atoms with E-state index in [1.165, 1.54) is 7.11 Å². The molecule has 0 saturated heterocycles. The predicted octanol–water partition coefficient (Wildman–Crippen LogP) is 4.31. The van der Waals surface area contributed by atoms with E-state index in [-0.39, 0.29) is 31.0 Å². The van der Waals surface area contributed by atoms with Gasteiger partial charge in [0.25, 0.3) is 0 Å². The van der Waals surface area contributed by atoms with Crippen molar-refractivity contribution in [1.82, 2.24) is 14.8 Å². The Kier molecular flexibility index (Phi) is 5.77. The number of esters is 1. The molecule has 1 N–H and O–H groups in total. The summed E-state index contributed by atoms with van der Waals surface area (Å²) in [6, 6.07) is 18.9. The van der Waals surface area contributed by atoms with E-state index in [2.05, 4.69) is 14.6 Å². The van der Waals surface area contributed by atoms with Gasteiger partial charge in [-0.2, -0.15) is 0 Å². The van der Waals surface area contributed by atoms with Crippen LogP contribution in [0.4, 0.5) is 4.79 Å². The van der Waals surface area contributed by atoms with Crippen LogP contribution in [0.2, 0.25) is 5.02 Å². The van der Waals surface area contributed by atoms with Crippen molar-refractivity contribution in [2.24, 2.45) is 0 Å². The lowest BCUT2D eigenvalue weighted by Crippen LogP contribution is -2.42. The van der Waals surface area contributed by atoms with Gasteiger partial charge in [-0.15, -0.1) is 0 Å². The molecule has 2 heterocycles. The first-order valence-electron chi connectivity index (χ1n) is 9.71. The molecule has 1 aromatic heterocycles. The number of nitrogens with zero attached hydrogens (tertiary/aromatic N) is 2. The summed E-state index contributed by atoms with van der Waals surface area (Å²) in [5, 5.41) is 3.44. The lowest BCUT2D eigenvalue weighted by atomic mass is 10.0. The van der Waals surface area contributed by atoms with Gasteiger partial charge in [-0.3, -0.25) is 4.79 Å². The fourth-order valence-corrected chi connectivity index (χ4v) is 4.08. The molecule has 1 aliphatic heterocycles. The minimum Gasteiger partial charge on any atom is -0.469 e. The highest BCUT2D eigenvalue weighted by atomic mass is 35.5. The van der Waals surface area contributed by atoms with Crippen LogP contribution in [0.15, 0.2) is 66.9 Å². The molecule has 30 heavy (non-hydrogen) atoms. The van der Waals surface area contributed by atoms with E-state index < -0.39 is 0 Å². The summed E-state index contributed by atoms with van der Waals surface area (Å²) in [5.74, 6) is -0.368. The molecule has 0 bridgehead atoms. The monoisotopic (exact) mass is 423 g/mol. The number of urea groups is 1. The number of rotatable bonds is 4. The van der Waals surface area contributed by atoms with Gasteiger partial charge in [0.2, 0.25) is 0 Å². The fraction of sp³-hybridized carbons (Fsp3) is 0.217. The second-order valence-corrected chi connectivity index (χ2v) is 7.45. The largest absolute Gasteiger partial charge is 0.469 e. The maximum Gasteiger partial charge on any atom is 0.318 e. The zero-order chi connectivity index (χ0) is 21.1. The summed E-state index contributed by atoms with van der Waals surface area (Å²) < 4.78 is 6.76. The van der Waals surface area contributed by atoms with E-state index in [0.29, 0.717) is 11.6 Å². The average molecular weight is 424 g/mol. The normalized spacial score (nSPS) is 15.0. The molecule has 0 radical (unpaired) electrons. The van der Waals surface area contributed by atoms with Crippen molar-refractivity contribution < 1.29 is 14.3 Å². The van der Waals surface area contributed by atoms with Crippen LogP contribution in [-0.4, -0.2) is 35.1 Å². The number of para-hydroxylation sites is 1. The number of carbonyl (C=O) groups excluding carboxylic acids is 2. The zero-order valence-corrected chi connectivity index (χ0v) is 17.3. The SMILES string of the molecule is COC(=O)CCNC(=O)N1Cc2ccccc2-n2cccc2[C@H]1c1ccccc1Cl. The Morgan fingerprint density at radius 2 is 1.87 bits per heavy atom. The summed E-state index contributed by atoms with van der Waals surface area (Å²) in [6.45, 7) is 0.595. The average Bonchev–Trinajstić information content (AvgIpc) is 3.19. The third-order valence-electron chi connectivity index (χ3n) is 5.26. The van der Waals surface area contributed by atoms with Gasteiger partial charge in [-0.1, -0.05) is 48.0 Å². The van der Waals surface area contributed by atoms with E-state index in [1.54, 1.807) is 4.90 Å². The fourth-order valence-electron chi connectivity index (χ4n) is 3.84. The van der Waals surface area contributed by atoms with Crippen molar-refractivity contribution in [2.75, 3.05) is 13.7 Å². The molecule has 0 unspecified atom stereocenters. The Bertz CT molecular complexity index is 1080. The number of fused-ring (bicyclic) bond motifs is 3. The van der Waals surface area contributed by atoms with Crippen LogP contribution in [0.3, 0.4) is 0 Å². The van der Waals surface area contributed by atoms with Crippen LogP contribution in [-0.2, 0) is 16.1 Å². The van der Waals surface area contributed by atoms with Crippen molar-refractivity contribution in [3.63, 3.8) is 0 Å². The number of ether oxygens (including phenoxy) is 1. The van der Waals surface area contributed by atoms with Crippen LogP contribution in [0.1, 0.15) is 29.3 Å². The molecular weight excluding hydrogens is 402 g/mol. The van der Waals surface area contributed by atoms with Crippen molar-refractivity contribution in [2.45, 2.75) is 19.0 Å². The maximum absolute atomic E-state index is 13.3. The molecule has 7 heteroatoms. The number of aromatic nitrogens is 1. The smallest absolute Gasteiger partial charge is 0.318 e. The number of methoxy groups -OCH3 is 1. The third kappa shape index (κ3) is 3.78. The molecule has 0 aliphatic carbocycles. The van der Waals surface area contributed by atoms with E-state index in [0.717, 1.165) is 22.5 Å². The standard InChI is InChI=1S/C23H22ClN3O3/c1-30-21(28)12-13-25-23(29)27-15-16-7-2-5-10-19(16)26-14-6-11-20(26)22(27)17-8-3-4-9-18(17)24/h2-11,14,22H,12-13,15H2,1H3,(H,25,29)/t22-/m1/s1. The van der Waals surface area contributed by atoms with Crippen molar-refractivity contribution >= 4 is 23.6 Å². The van der Waals surface area contributed by atoms with Gasteiger partial charge in [-0.05, 0) is 35.4 Å². The minimum absolute atomic E-state index is 0.111. The Balaban J connectivity index is 1.77. The third-order valence-corrected chi connectivity index (χ3v) is 5.60. The van der Waals surface area contributed by atoms with E-state index in [4.69, 9.17) is 11.6 Å². The minimum atomic E-state index is -0.390. The van der Waals surface area contributed by atoms with E-state index in [1.807, 2.05) is 66.9 Å². The summed E-state index contributed by atoms with van der Waals surface area (Å²) in [4.78, 5) is 26.5. The van der Waals surface area contributed by atoms with Crippen LogP contribution >= 0.6 is 11.6 Å². The van der Waals surface area contributed by atoms with Crippen LogP contribution < -0.4 is 5.32 Å². The number of benzene rings is 2. The van der Waals surface area contributed by atoms with Crippen molar-refractivity contribution in [3.8, 4) is 5.69 Å². The van der Waals surface area contributed by atoms with Crippen LogP contribution in [0, 0.1) is 0 Å². The molecule has 6 nitrogen and oxygen atoms in total. The van der Waals surface area contributed by atoms with Gasteiger partial charge in [0, 0.05) is 17.8 Å². The van der Waals surface area contributed by atoms with E-state index >= 15 is 0 Å². The molecule has 1 atom stereocenters. The number of halogens is 1. The lowest BCUT2D eigenvalue weighted by Gasteiger charge is -2.31. The highest BCUT2D eigenvalue weighted by Gasteiger charge is 2.33.